The molecule has 0 aromatic carbocycles. The van der Waals surface area contributed by atoms with Crippen molar-refractivity contribution in [3.63, 3.8) is 0 Å². The van der Waals surface area contributed by atoms with E-state index in [0.717, 1.165) is 24.7 Å². The molecule has 21 heavy (non-hydrogen) atoms. The van der Waals surface area contributed by atoms with Gasteiger partial charge in [-0.3, -0.25) is 0 Å². The van der Waals surface area contributed by atoms with Crippen molar-refractivity contribution >= 4 is 0 Å². The standard InChI is InChI=1S/C17H31N3O/c1-4-15(18-5-2)13(3)17-19-16(20-21-17)14-11-9-7-6-8-10-12-14/h13-15,18H,4-12H2,1-3H3. The van der Waals surface area contributed by atoms with E-state index in [2.05, 4.69) is 31.2 Å². The normalized spacial score (nSPS) is 20.7. The number of hydrogen-bond donors (Lipinski definition) is 1. The first-order valence-electron chi connectivity index (χ1n) is 8.83. The molecule has 1 fully saturated rings. The first-order valence-corrected chi connectivity index (χ1v) is 8.83. The lowest BCUT2D eigenvalue weighted by molar-refractivity contribution is 0.316. The van der Waals surface area contributed by atoms with Crippen LogP contribution in [0, 0.1) is 0 Å². The molecule has 2 unspecified atom stereocenters. The van der Waals surface area contributed by atoms with Gasteiger partial charge in [0, 0.05) is 12.0 Å². The van der Waals surface area contributed by atoms with Crippen molar-refractivity contribution in [2.75, 3.05) is 6.54 Å². The van der Waals surface area contributed by atoms with E-state index in [1.54, 1.807) is 0 Å². The van der Waals surface area contributed by atoms with Gasteiger partial charge < -0.3 is 9.84 Å². The largest absolute Gasteiger partial charge is 0.339 e. The molecule has 1 aromatic rings. The van der Waals surface area contributed by atoms with Gasteiger partial charge in [-0.2, -0.15) is 4.98 Å². The lowest BCUT2D eigenvalue weighted by Crippen LogP contribution is -2.33. The van der Waals surface area contributed by atoms with Crippen molar-refractivity contribution in [2.45, 2.75) is 90.0 Å². The molecule has 1 N–H and O–H groups in total. The SMILES string of the molecule is CCNC(CC)C(C)c1nc(C2CCCCCCC2)no1. The maximum atomic E-state index is 5.58. The molecule has 0 bridgehead atoms. The van der Waals surface area contributed by atoms with Crippen LogP contribution >= 0.6 is 0 Å². The molecular weight excluding hydrogens is 262 g/mol. The van der Waals surface area contributed by atoms with E-state index in [9.17, 15) is 0 Å². The highest BCUT2D eigenvalue weighted by atomic mass is 16.5. The van der Waals surface area contributed by atoms with Crippen molar-refractivity contribution in [3.05, 3.63) is 11.7 Å². The molecular formula is C17H31N3O. The summed E-state index contributed by atoms with van der Waals surface area (Å²) in [7, 11) is 0. The first kappa shape index (κ1) is 16.5. The van der Waals surface area contributed by atoms with Gasteiger partial charge in [0.05, 0.1) is 5.92 Å². The van der Waals surface area contributed by atoms with E-state index in [4.69, 9.17) is 9.51 Å². The van der Waals surface area contributed by atoms with Gasteiger partial charge in [0.25, 0.3) is 0 Å². The van der Waals surface area contributed by atoms with Crippen LogP contribution in [0.5, 0.6) is 0 Å². The van der Waals surface area contributed by atoms with Crippen LogP contribution in [-0.4, -0.2) is 22.7 Å². The summed E-state index contributed by atoms with van der Waals surface area (Å²) in [5.41, 5.74) is 0. The van der Waals surface area contributed by atoms with Gasteiger partial charge in [-0.25, -0.2) is 0 Å². The van der Waals surface area contributed by atoms with E-state index >= 15 is 0 Å². The molecule has 1 aromatic heterocycles. The quantitative estimate of drug-likeness (QED) is 0.845. The minimum absolute atomic E-state index is 0.282. The van der Waals surface area contributed by atoms with E-state index in [1.807, 2.05) is 0 Å². The number of aromatic nitrogens is 2. The fraction of sp³-hybridized carbons (Fsp3) is 0.882. The molecule has 0 amide bonds. The van der Waals surface area contributed by atoms with Crippen molar-refractivity contribution in [1.29, 1.82) is 0 Å². The van der Waals surface area contributed by atoms with Crippen LogP contribution in [0.2, 0.25) is 0 Å². The Morgan fingerprint density at radius 3 is 2.43 bits per heavy atom. The molecule has 0 aliphatic heterocycles. The second-order valence-electron chi connectivity index (χ2n) is 6.39. The predicted molar refractivity (Wildman–Crippen MR) is 85.5 cm³/mol. The molecule has 0 spiro atoms. The highest BCUT2D eigenvalue weighted by Gasteiger charge is 2.25. The molecule has 0 radical (unpaired) electrons. The predicted octanol–water partition coefficient (Wildman–Crippen LogP) is 4.39. The van der Waals surface area contributed by atoms with Crippen molar-refractivity contribution < 1.29 is 4.52 Å². The van der Waals surface area contributed by atoms with Crippen LogP contribution < -0.4 is 5.32 Å². The molecule has 1 heterocycles. The van der Waals surface area contributed by atoms with Gasteiger partial charge in [0.1, 0.15) is 0 Å². The van der Waals surface area contributed by atoms with Crippen LogP contribution in [0.3, 0.4) is 0 Å². The summed E-state index contributed by atoms with van der Waals surface area (Å²) in [5.74, 6) is 2.55. The molecule has 1 saturated carbocycles. The monoisotopic (exact) mass is 293 g/mol. The molecule has 0 saturated heterocycles. The average molecular weight is 293 g/mol. The lowest BCUT2D eigenvalue weighted by Gasteiger charge is -2.20. The zero-order valence-electron chi connectivity index (χ0n) is 13.9. The fourth-order valence-electron chi connectivity index (χ4n) is 3.42. The maximum absolute atomic E-state index is 5.58. The number of nitrogens with zero attached hydrogens (tertiary/aromatic N) is 2. The van der Waals surface area contributed by atoms with Gasteiger partial charge >= 0.3 is 0 Å². The Labute approximate surface area is 129 Å². The van der Waals surface area contributed by atoms with Crippen LogP contribution in [0.1, 0.15) is 95.7 Å². The third-order valence-corrected chi connectivity index (χ3v) is 4.83. The Bertz CT molecular complexity index is 380. The highest BCUT2D eigenvalue weighted by molar-refractivity contribution is 5.01. The van der Waals surface area contributed by atoms with Gasteiger partial charge in [-0.15, -0.1) is 0 Å². The molecule has 2 atom stereocenters. The summed E-state index contributed by atoms with van der Waals surface area (Å²) in [5, 5.41) is 7.81. The molecule has 1 aliphatic carbocycles. The summed E-state index contributed by atoms with van der Waals surface area (Å²) in [6, 6.07) is 0.417. The van der Waals surface area contributed by atoms with E-state index in [1.165, 1.54) is 44.9 Å². The first-order chi connectivity index (χ1) is 10.3. The van der Waals surface area contributed by atoms with Gasteiger partial charge in [0.15, 0.2) is 5.82 Å². The van der Waals surface area contributed by atoms with E-state index < -0.39 is 0 Å². The number of rotatable bonds is 6. The third kappa shape index (κ3) is 4.53. The summed E-state index contributed by atoms with van der Waals surface area (Å²) < 4.78 is 5.58. The van der Waals surface area contributed by atoms with Gasteiger partial charge in [-0.05, 0) is 25.8 Å². The summed E-state index contributed by atoms with van der Waals surface area (Å²) in [6.45, 7) is 7.51. The Morgan fingerprint density at radius 2 is 1.81 bits per heavy atom. The molecule has 4 nitrogen and oxygen atoms in total. The lowest BCUT2D eigenvalue weighted by atomic mass is 9.90. The Kier molecular flexibility index (Phi) is 6.68. The van der Waals surface area contributed by atoms with Crippen LogP contribution in [0.15, 0.2) is 4.52 Å². The zero-order valence-corrected chi connectivity index (χ0v) is 13.9. The van der Waals surface area contributed by atoms with Crippen molar-refractivity contribution in [1.82, 2.24) is 15.5 Å². The second kappa shape index (κ2) is 8.52. The average Bonchev–Trinajstić information content (AvgIpc) is 2.93. The topological polar surface area (TPSA) is 51.0 Å². The summed E-state index contributed by atoms with van der Waals surface area (Å²) >= 11 is 0. The van der Waals surface area contributed by atoms with E-state index in [-0.39, 0.29) is 5.92 Å². The summed E-state index contributed by atoms with van der Waals surface area (Å²) in [4.78, 5) is 4.74. The minimum atomic E-state index is 0.282. The van der Waals surface area contributed by atoms with Crippen LogP contribution in [0.4, 0.5) is 0 Å². The molecule has 1 aliphatic rings. The van der Waals surface area contributed by atoms with Gasteiger partial charge in [-0.1, -0.05) is 58.0 Å². The van der Waals surface area contributed by atoms with Crippen molar-refractivity contribution in [2.24, 2.45) is 0 Å². The minimum Gasteiger partial charge on any atom is -0.339 e. The number of nitrogens with one attached hydrogen (secondary N) is 1. The number of likely N-dealkylation sites (N-methyl/N-ethyl adjacent to an activating group) is 1. The van der Waals surface area contributed by atoms with Crippen LogP contribution in [0.25, 0.3) is 0 Å². The molecule has 120 valence electrons. The van der Waals surface area contributed by atoms with Crippen LogP contribution in [-0.2, 0) is 0 Å². The Morgan fingerprint density at radius 1 is 1.14 bits per heavy atom. The Hall–Kier alpha value is -0.900. The van der Waals surface area contributed by atoms with Crippen molar-refractivity contribution in [3.8, 4) is 0 Å². The third-order valence-electron chi connectivity index (χ3n) is 4.83. The Balaban J connectivity index is 2.01. The second-order valence-corrected chi connectivity index (χ2v) is 6.39. The zero-order chi connectivity index (χ0) is 15.1. The number of hydrogen-bond acceptors (Lipinski definition) is 4. The maximum Gasteiger partial charge on any atom is 0.231 e. The molecule has 4 heteroatoms. The smallest absolute Gasteiger partial charge is 0.231 e. The fourth-order valence-corrected chi connectivity index (χ4v) is 3.42. The van der Waals surface area contributed by atoms with Gasteiger partial charge in [0.2, 0.25) is 5.89 Å². The van der Waals surface area contributed by atoms with E-state index in [0.29, 0.717) is 12.0 Å². The summed E-state index contributed by atoms with van der Waals surface area (Å²) in [6.07, 6.45) is 10.2. The molecule has 2 rings (SSSR count). The highest BCUT2D eigenvalue weighted by Crippen LogP contribution is 2.30.